The molecule has 1 atom stereocenters. The van der Waals surface area contributed by atoms with Crippen molar-refractivity contribution in [2.24, 2.45) is 0 Å². The number of aromatic nitrogens is 1. The van der Waals surface area contributed by atoms with Crippen LogP contribution in [0.25, 0.3) is 21.8 Å². The van der Waals surface area contributed by atoms with Gasteiger partial charge in [0.05, 0.1) is 5.52 Å². The molecule has 2 aromatic carbocycles. The number of likely N-dealkylation sites (tertiary alicyclic amines) is 1. The van der Waals surface area contributed by atoms with Gasteiger partial charge in [-0.2, -0.15) is 0 Å². The minimum absolute atomic E-state index is 0.0824. The van der Waals surface area contributed by atoms with Crippen molar-refractivity contribution >= 4 is 27.7 Å². The summed E-state index contributed by atoms with van der Waals surface area (Å²) in [4.78, 5) is 17.7. The molecule has 1 N–H and O–H groups in total. The average molecular weight is 322 g/mol. The first kappa shape index (κ1) is 15.1. The lowest BCUT2D eigenvalue weighted by atomic mass is 10.0. The Morgan fingerprint density at radius 3 is 2.88 bits per heavy atom. The van der Waals surface area contributed by atoms with Gasteiger partial charge in [-0.3, -0.25) is 4.79 Å². The number of carbonyl (C=O) groups excluding carboxylic acids is 1. The highest BCUT2D eigenvalue weighted by Crippen LogP contribution is 2.28. The normalized spacial score (nSPS) is 18.2. The Labute approximate surface area is 141 Å². The molecule has 0 unspecified atom stereocenters. The quantitative estimate of drug-likeness (QED) is 0.789. The summed E-state index contributed by atoms with van der Waals surface area (Å²) in [5, 5.41) is 2.38. The molecule has 0 bridgehead atoms. The van der Waals surface area contributed by atoms with E-state index in [0.29, 0.717) is 6.04 Å². The Morgan fingerprint density at radius 1 is 1.17 bits per heavy atom. The van der Waals surface area contributed by atoms with E-state index in [1.165, 1.54) is 17.2 Å². The van der Waals surface area contributed by atoms with E-state index < -0.39 is 0 Å². The zero-order valence-electron chi connectivity index (χ0n) is 13.9. The van der Waals surface area contributed by atoms with Crippen LogP contribution in [0.15, 0.2) is 42.5 Å². The van der Waals surface area contributed by atoms with Crippen molar-refractivity contribution < 1.29 is 9.53 Å². The summed E-state index contributed by atoms with van der Waals surface area (Å²) in [6, 6.07) is 14.5. The number of hydrogen-bond donors (Lipinski definition) is 1. The second-order valence-electron chi connectivity index (χ2n) is 6.60. The van der Waals surface area contributed by atoms with Crippen molar-refractivity contribution in [2.45, 2.75) is 32.2 Å². The summed E-state index contributed by atoms with van der Waals surface area (Å²) in [7, 11) is 0. The predicted octanol–water partition coefficient (Wildman–Crippen LogP) is 4.10. The maximum absolute atomic E-state index is 12.4. The molecule has 1 aliphatic rings. The Bertz CT molecular complexity index is 884. The number of fused-ring (bicyclic) bond motifs is 3. The van der Waals surface area contributed by atoms with Crippen LogP contribution in [0.3, 0.4) is 0 Å². The highest BCUT2D eigenvalue weighted by molar-refractivity contribution is 6.07. The van der Waals surface area contributed by atoms with E-state index in [0.717, 1.165) is 36.2 Å². The molecule has 0 aliphatic carbocycles. The summed E-state index contributed by atoms with van der Waals surface area (Å²) in [5.74, 6) is 0.811. The molecule has 4 nitrogen and oxygen atoms in total. The Balaban J connectivity index is 1.50. The lowest BCUT2D eigenvalue weighted by molar-refractivity contribution is -0.136. The van der Waals surface area contributed by atoms with Gasteiger partial charge in [0.25, 0.3) is 5.91 Å². The van der Waals surface area contributed by atoms with E-state index in [1.54, 1.807) is 0 Å². The van der Waals surface area contributed by atoms with Gasteiger partial charge in [0.15, 0.2) is 6.61 Å². The van der Waals surface area contributed by atoms with Gasteiger partial charge < -0.3 is 14.6 Å². The van der Waals surface area contributed by atoms with Crippen molar-refractivity contribution in [2.75, 3.05) is 13.2 Å². The number of carbonyl (C=O) groups is 1. The third-order valence-electron chi connectivity index (χ3n) is 4.96. The van der Waals surface area contributed by atoms with Crippen LogP contribution < -0.4 is 4.74 Å². The summed E-state index contributed by atoms with van der Waals surface area (Å²) < 4.78 is 5.76. The number of ether oxygens (including phenoxy) is 1. The van der Waals surface area contributed by atoms with Crippen LogP contribution in [0.5, 0.6) is 5.75 Å². The molecule has 1 amide bonds. The zero-order chi connectivity index (χ0) is 16.5. The zero-order valence-corrected chi connectivity index (χ0v) is 13.9. The third kappa shape index (κ3) is 2.73. The van der Waals surface area contributed by atoms with E-state index in [2.05, 4.69) is 30.1 Å². The number of amides is 1. The van der Waals surface area contributed by atoms with Gasteiger partial charge in [-0.15, -0.1) is 0 Å². The molecule has 2 heterocycles. The Kier molecular flexibility index (Phi) is 3.89. The van der Waals surface area contributed by atoms with Crippen LogP contribution in [0.1, 0.15) is 26.2 Å². The fourth-order valence-electron chi connectivity index (χ4n) is 3.62. The topological polar surface area (TPSA) is 45.3 Å². The molecule has 0 spiro atoms. The molecular formula is C20H22N2O2. The first-order valence-electron chi connectivity index (χ1n) is 8.65. The highest BCUT2D eigenvalue weighted by atomic mass is 16.5. The molecule has 1 fully saturated rings. The smallest absolute Gasteiger partial charge is 0.260 e. The SMILES string of the molecule is C[C@@H]1CCCCN1C(=O)COc1ccc2c(c1)[nH]c1ccccc12. The fraction of sp³-hybridized carbons (Fsp3) is 0.350. The maximum Gasteiger partial charge on any atom is 0.260 e. The van der Waals surface area contributed by atoms with Gasteiger partial charge in [-0.05, 0) is 44.4 Å². The number of benzene rings is 2. The molecule has 124 valence electrons. The van der Waals surface area contributed by atoms with Gasteiger partial charge in [0.2, 0.25) is 0 Å². The van der Waals surface area contributed by atoms with Gasteiger partial charge in [0.1, 0.15) is 5.75 Å². The summed E-state index contributed by atoms with van der Waals surface area (Å²) >= 11 is 0. The number of H-pyrrole nitrogens is 1. The van der Waals surface area contributed by atoms with Crippen LogP contribution in [-0.2, 0) is 4.79 Å². The average Bonchev–Trinajstić information content (AvgIpc) is 2.98. The fourth-order valence-corrected chi connectivity index (χ4v) is 3.62. The molecular weight excluding hydrogens is 300 g/mol. The summed E-state index contributed by atoms with van der Waals surface area (Å²) in [5.41, 5.74) is 2.15. The standard InChI is InChI=1S/C20H22N2O2/c1-14-6-4-5-11-22(14)20(23)13-24-15-9-10-17-16-7-2-3-8-18(16)21-19(17)12-15/h2-3,7-10,12,14,21H,4-6,11,13H2,1H3/t14-/m1/s1. The summed E-state index contributed by atoms with van der Waals surface area (Å²) in [6.45, 7) is 3.08. The van der Waals surface area contributed by atoms with Crippen LogP contribution >= 0.6 is 0 Å². The number of nitrogens with one attached hydrogen (secondary N) is 1. The largest absolute Gasteiger partial charge is 0.484 e. The molecule has 0 radical (unpaired) electrons. The molecule has 1 saturated heterocycles. The van der Waals surface area contributed by atoms with Crippen molar-refractivity contribution in [3.05, 3.63) is 42.5 Å². The van der Waals surface area contributed by atoms with Gasteiger partial charge >= 0.3 is 0 Å². The van der Waals surface area contributed by atoms with Gasteiger partial charge in [0, 0.05) is 34.9 Å². The van der Waals surface area contributed by atoms with E-state index in [9.17, 15) is 4.79 Å². The number of rotatable bonds is 3. The first-order chi connectivity index (χ1) is 11.7. The van der Waals surface area contributed by atoms with Crippen molar-refractivity contribution in [1.82, 2.24) is 9.88 Å². The molecule has 0 saturated carbocycles. The van der Waals surface area contributed by atoms with Crippen molar-refractivity contribution in [3.63, 3.8) is 0 Å². The Hall–Kier alpha value is -2.49. The second-order valence-corrected chi connectivity index (χ2v) is 6.60. The molecule has 3 aromatic rings. The molecule has 4 rings (SSSR count). The van der Waals surface area contributed by atoms with Gasteiger partial charge in [-0.25, -0.2) is 0 Å². The van der Waals surface area contributed by atoms with Crippen LogP contribution in [0, 0.1) is 0 Å². The maximum atomic E-state index is 12.4. The predicted molar refractivity (Wildman–Crippen MR) is 96.3 cm³/mol. The third-order valence-corrected chi connectivity index (χ3v) is 4.96. The van der Waals surface area contributed by atoms with E-state index >= 15 is 0 Å². The number of aromatic amines is 1. The second kappa shape index (κ2) is 6.19. The number of nitrogens with zero attached hydrogens (tertiary/aromatic N) is 1. The minimum atomic E-state index is 0.0824. The van der Waals surface area contributed by atoms with Crippen molar-refractivity contribution in [1.29, 1.82) is 0 Å². The highest BCUT2D eigenvalue weighted by Gasteiger charge is 2.23. The van der Waals surface area contributed by atoms with Crippen LogP contribution in [-0.4, -0.2) is 35.0 Å². The van der Waals surface area contributed by atoms with Crippen LogP contribution in [0.2, 0.25) is 0 Å². The molecule has 24 heavy (non-hydrogen) atoms. The molecule has 1 aliphatic heterocycles. The lowest BCUT2D eigenvalue weighted by Gasteiger charge is -2.33. The first-order valence-corrected chi connectivity index (χ1v) is 8.65. The minimum Gasteiger partial charge on any atom is -0.484 e. The van der Waals surface area contributed by atoms with Gasteiger partial charge in [-0.1, -0.05) is 18.2 Å². The van der Waals surface area contributed by atoms with E-state index in [1.807, 2.05) is 29.2 Å². The number of piperidine rings is 1. The number of hydrogen-bond acceptors (Lipinski definition) is 2. The monoisotopic (exact) mass is 322 g/mol. The number of para-hydroxylation sites is 1. The molecule has 4 heteroatoms. The van der Waals surface area contributed by atoms with E-state index in [-0.39, 0.29) is 12.5 Å². The van der Waals surface area contributed by atoms with Crippen molar-refractivity contribution in [3.8, 4) is 5.75 Å². The van der Waals surface area contributed by atoms with E-state index in [4.69, 9.17) is 4.74 Å². The molecule has 1 aromatic heterocycles. The van der Waals surface area contributed by atoms with Crippen LogP contribution in [0.4, 0.5) is 0 Å². The summed E-state index contributed by atoms with van der Waals surface area (Å²) in [6.07, 6.45) is 3.40. The lowest BCUT2D eigenvalue weighted by Crippen LogP contribution is -2.44. The Morgan fingerprint density at radius 2 is 2.00 bits per heavy atom.